The predicted octanol–water partition coefficient (Wildman–Crippen LogP) is 4.27. The van der Waals surface area contributed by atoms with Gasteiger partial charge in [-0.1, -0.05) is 61.1 Å². The predicted molar refractivity (Wildman–Crippen MR) is 104 cm³/mol. The summed E-state index contributed by atoms with van der Waals surface area (Å²) in [5, 5.41) is 15.5. The van der Waals surface area contributed by atoms with Crippen LogP contribution in [0.2, 0.25) is 0 Å². The molecule has 1 fully saturated rings. The topological polar surface area (TPSA) is 64.9 Å². The van der Waals surface area contributed by atoms with E-state index in [1.165, 1.54) is 44.1 Å². The van der Waals surface area contributed by atoms with E-state index in [0.29, 0.717) is 12.1 Å². The van der Waals surface area contributed by atoms with Crippen molar-refractivity contribution in [2.24, 2.45) is 0 Å². The molecule has 0 unspecified atom stereocenters. The Morgan fingerprint density at radius 1 is 0.963 bits per heavy atom. The van der Waals surface area contributed by atoms with Crippen LogP contribution in [0, 0.1) is 0 Å². The minimum atomic E-state index is 0.357. The number of para-hydroxylation sites is 1. The van der Waals surface area contributed by atoms with Crippen molar-refractivity contribution in [3.05, 3.63) is 60.2 Å². The van der Waals surface area contributed by atoms with Gasteiger partial charge >= 0.3 is 6.01 Å². The van der Waals surface area contributed by atoms with Crippen LogP contribution in [0.5, 0.6) is 11.8 Å². The lowest BCUT2D eigenvalue weighted by molar-refractivity contribution is 0.425. The van der Waals surface area contributed by atoms with Gasteiger partial charge < -0.3 is 10.1 Å². The third kappa shape index (κ3) is 4.71. The van der Waals surface area contributed by atoms with Gasteiger partial charge in [0.1, 0.15) is 5.75 Å². The van der Waals surface area contributed by atoms with Gasteiger partial charge in [0.25, 0.3) is 0 Å². The van der Waals surface area contributed by atoms with E-state index in [-0.39, 0.29) is 0 Å². The average molecular weight is 363 g/mol. The molecule has 0 amide bonds. The lowest BCUT2D eigenvalue weighted by Gasteiger charge is -2.16. The third-order valence-corrected chi connectivity index (χ3v) is 5.00. The van der Waals surface area contributed by atoms with Crippen LogP contribution in [0.1, 0.15) is 44.1 Å². The number of rotatable bonds is 6. The van der Waals surface area contributed by atoms with E-state index < -0.39 is 0 Å². The number of nitrogens with zero attached hydrogens (tertiary/aromatic N) is 4. The van der Waals surface area contributed by atoms with E-state index in [1.54, 1.807) is 4.68 Å². The molecule has 3 aromatic rings. The van der Waals surface area contributed by atoms with Crippen LogP contribution in [-0.4, -0.2) is 26.2 Å². The lowest BCUT2D eigenvalue weighted by atomic mass is 10.1. The highest BCUT2D eigenvalue weighted by atomic mass is 16.5. The third-order valence-electron chi connectivity index (χ3n) is 5.00. The second-order valence-corrected chi connectivity index (χ2v) is 7.03. The second kappa shape index (κ2) is 8.77. The normalized spacial score (nSPS) is 15.4. The molecule has 1 N–H and O–H groups in total. The number of tetrazole rings is 1. The number of benzene rings is 2. The summed E-state index contributed by atoms with van der Waals surface area (Å²) >= 11 is 0. The fraction of sp³-hybridized carbons (Fsp3) is 0.381. The Bertz CT molecular complexity index is 841. The monoisotopic (exact) mass is 363 g/mol. The number of nitrogens with one attached hydrogen (secondary N) is 1. The Hall–Kier alpha value is -2.73. The highest BCUT2D eigenvalue weighted by molar-refractivity contribution is 5.34. The molecule has 0 aliphatic heterocycles. The van der Waals surface area contributed by atoms with E-state index in [9.17, 15) is 0 Å². The summed E-state index contributed by atoms with van der Waals surface area (Å²) in [7, 11) is 0. The smallest absolute Gasteiger partial charge is 0.345 e. The standard InChI is InChI=1S/C21H25N5O/c1-2-5-11-18(10-4-1)22-16-17-9-8-14-20(15-17)27-21-23-24-25-26(21)19-12-6-3-7-13-19/h3,6-9,12-15,18,22H,1-2,4-5,10-11,16H2. The van der Waals surface area contributed by atoms with Gasteiger partial charge in [-0.15, -0.1) is 0 Å². The molecule has 1 heterocycles. The van der Waals surface area contributed by atoms with E-state index in [0.717, 1.165) is 18.0 Å². The molecule has 1 aromatic heterocycles. The molecule has 1 aliphatic carbocycles. The molecule has 6 nitrogen and oxygen atoms in total. The maximum Gasteiger partial charge on any atom is 0.345 e. The molecule has 2 aromatic carbocycles. The molecule has 140 valence electrons. The first-order chi connectivity index (χ1) is 13.4. The van der Waals surface area contributed by atoms with E-state index >= 15 is 0 Å². The van der Waals surface area contributed by atoms with Crippen molar-refractivity contribution < 1.29 is 4.74 Å². The summed E-state index contributed by atoms with van der Waals surface area (Å²) in [5.74, 6) is 0.738. The number of hydrogen-bond donors (Lipinski definition) is 1. The fourth-order valence-corrected chi connectivity index (χ4v) is 3.54. The summed E-state index contributed by atoms with van der Waals surface area (Å²) in [5.41, 5.74) is 2.07. The van der Waals surface area contributed by atoms with Crippen molar-refractivity contribution in [3.8, 4) is 17.4 Å². The fourth-order valence-electron chi connectivity index (χ4n) is 3.54. The Labute approximate surface area is 159 Å². The van der Waals surface area contributed by atoms with Crippen molar-refractivity contribution in [3.63, 3.8) is 0 Å². The first-order valence-corrected chi connectivity index (χ1v) is 9.72. The molecule has 0 atom stereocenters. The van der Waals surface area contributed by atoms with Crippen molar-refractivity contribution in [2.45, 2.75) is 51.1 Å². The van der Waals surface area contributed by atoms with Crippen LogP contribution in [0.3, 0.4) is 0 Å². The molecule has 1 aliphatic rings. The van der Waals surface area contributed by atoms with Crippen molar-refractivity contribution >= 4 is 0 Å². The minimum absolute atomic E-state index is 0.357. The summed E-state index contributed by atoms with van der Waals surface area (Å²) < 4.78 is 7.55. The Balaban J connectivity index is 1.42. The largest absolute Gasteiger partial charge is 0.423 e. The molecule has 27 heavy (non-hydrogen) atoms. The van der Waals surface area contributed by atoms with Crippen molar-refractivity contribution in [1.29, 1.82) is 0 Å². The summed E-state index contributed by atoms with van der Waals surface area (Å²) in [6.45, 7) is 0.853. The highest BCUT2D eigenvalue weighted by Crippen LogP contribution is 2.23. The van der Waals surface area contributed by atoms with Crippen LogP contribution in [0.25, 0.3) is 5.69 Å². The first kappa shape index (κ1) is 17.7. The molecular formula is C21H25N5O. The SMILES string of the molecule is c1ccc(-n2nnnc2Oc2cccc(CNC3CCCCCC3)c2)cc1. The van der Waals surface area contributed by atoms with Gasteiger partial charge in [-0.2, -0.15) is 4.68 Å². The molecule has 0 radical (unpaired) electrons. The molecule has 0 saturated heterocycles. The van der Waals surface area contributed by atoms with Gasteiger partial charge in [0.05, 0.1) is 5.69 Å². The van der Waals surface area contributed by atoms with Gasteiger partial charge in [-0.3, -0.25) is 0 Å². The van der Waals surface area contributed by atoms with Gasteiger partial charge in [0, 0.05) is 12.6 Å². The summed E-state index contributed by atoms with van der Waals surface area (Å²) in [4.78, 5) is 0. The maximum atomic E-state index is 5.96. The molecule has 0 spiro atoms. The van der Waals surface area contributed by atoms with Crippen molar-refractivity contribution in [1.82, 2.24) is 25.5 Å². The molecule has 4 rings (SSSR count). The second-order valence-electron chi connectivity index (χ2n) is 7.03. The van der Waals surface area contributed by atoms with Gasteiger partial charge in [-0.05, 0) is 53.1 Å². The highest BCUT2D eigenvalue weighted by Gasteiger charge is 2.13. The van der Waals surface area contributed by atoms with Crippen LogP contribution < -0.4 is 10.1 Å². The number of ether oxygens (including phenoxy) is 1. The lowest BCUT2D eigenvalue weighted by Crippen LogP contribution is -2.27. The van der Waals surface area contributed by atoms with Crippen LogP contribution in [0.4, 0.5) is 0 Å². The van der Waals surface area contributed by atoms with Crippen LogP contribution in [-0.2, 0) is 6.54 Å². The zero-order chi connectivity index (χ0) is 18.3. The number of hydrogen-bond acceptors (Lipinski definition) is 5. The zero-order valence-electron chi connectivity index (χ0n) is 15.4. The first-order valence-electron chi connectivity index (χ1n) is 9.72. The van der Waals surface area contributed by atoms with E-state index in [1.807, 2.05) is 48.5 Å². The van der Waals surface area contributed by atoms with Crippen molar-refractivity contribution in [2.75, 3.05) is 0 Å². The Kier molecular flexibility index (Phi) is 5.74. The van der Waals surface area contributed by atoms with Gasteiger partial charge in [-0.25, -0.2) is 0 Å². The minimum Gasteiger partial charge on any atom is -0.423 e. The van der Waals surface area contributed by atoms with Gasteiger partial charge in [0.2, 0.25) is 0 Å². The summed E-state index contributed by atoms with van der Waals surface area (Å²) in [6, 6.07) is 18.8. The Morgan fingerprint density at radius 3 is 2.59 bits per heavy atom. The average Bonchev–Trinajstić information content (AvgIpc) is 3.01. The summed E-state index contributed by atoms with van der Waals surface area (Å²) in [6.07, 6.45) is 7.98. The Morgan fingerprint density at radius 2 is 1.78 bits per heavy atom. The zero-order valence-corrected chi connectivity index (χ0v) is 15.4. The maximum absolute atomic E-state index is 5.96. The molecule has 0 bridgehead atoms. The van der Waals surface area contributed by atoms with Crippen LogP contribution in [0.15, 0.2) is 54.6 Å². The van der Waals surface area contributed by atoms with E-state index in [2.05, 4.69) is 26.9 Å². The number of aromatic nitrogens is 4. The molecule has 6 heteroatoms. The van der Waals surface area contributed by atoms with Gasteiger partial charge in [0.15, 0.2) is 0 Å². The quantitative estimate of drug-likeness (QED) is 0.663. The van der Waals surface area contributed by atoms with Crippen LogP contribution >= 0.6 is 0 Å². The molecule has 1 saturated carbocycles. The molecular weight excluding hydrogens is 338 g/mol. The van der Waals surface area contributed by atoms with E-state index in [4.69, 9.17) is 4.74 Å².